The molecule has 0 saturated heterocycles. The van der Waals surface area contributed by atoms with E-state index in [2.05, 4.69) is 9.97 Å². The van der Waals surface area contributed by atoms with Gasteiger partial charge in [-0.2, -0.15) is 0 Å². The van der Waals surface area contributed by atoms with Gasteiger partial charge in [0.05, 0.1) is 12.8 Å². The molecule has 2 aromatic rings. The number of hydrogen-bond acceptors (Lipinski definition) is 4. The summed E-state index contributed by atoms with van der Waals surface area (Å²) in [7, 11) is 1.41. The van der Waals surface area contributed by atoms with Gasteiger partial charge in [-0.3, -0.25) is 0 Å². The lowest BCUT2D eigenvalue weighted by Gasteiger charge is -2.11. The van der Waals surface area contributed by atoms with Gasteiger partial charge in [0.1, 0.15) is 11.9 Å². The standard InChI is InChI=1S/C14H15FN2O2/c1-9-16-6-5-12(17-9)13(18)8-10-3-4-14(19-2)11(15)7-10/h3-7,13,18H,8H2,1-2H3. The number of aliphatic hydroxyl groups excluding tert-OH is 1. The molecule has 5 heteroatoms. The van der Waals surface area contributed by atoms with Gasteiger partial charge in [0.15, 0.2) is 11.6 Å². The maximum Gasteiger partial charge on any atom is 0.165 e. The van der Waals surface area contributed by atoms with E-state index in [0.29, 0.717) is 17.1 Å². The van der Waals surface area contributed by atoms with Crippen LogP contribution in [-0.4, -0.2) is 22.2 Å². The molecule has 4 nitrogen and oxygen atoms in total. The van der Waals surface area contributed by atoms with Crippen LogP contribution in [0.4, 0.5) is 4.39 Å². The Morgan fingerprint density at radius 1 is 1.37 bits per heavy atom. The Hall–Kier alpha value is -2.01. The second-order valence-electron chi connectivity index (χ2n) is 4.22. The molecule has 19 heavy (non-hydrogen) atoms. The molecule has 0 radical (unpaired) electrons. The number of ether oxygens (including phenoxy) is 1. The van der Waals surface area contributed by atoms with E-state index in [-0.39, 0.29) is 12.2 Å². The van der Waals surface area contributed by atoms with Gasteiger partial charge in [0.2, 0.25) is 0 Å². The van der Waals surface area contributed by atoms with Crippen LogP contribution in [0.1, 0.15) is 23.2 Å². The van der Waals surface area contributed by atoms with Crippen molar-refractivity contribution in [3.63, 3.8) is 0 Å². The van der Waals surface area contributed by atoms with Crippen LogP contribution in [0.15, 0.2) is 30.5 Å². The minimum Gasteiger partial charge on any atom is -0.494 e. The minimum absolute atomic E-state index is 0.191. The topological polar surface area (TPSA) is 55.2 Å². The first-order valence-electron chi connectivity index (χ1n) is 5.90. The van der Waals surface area contributed by atoms with Gasteiger partial charge < -0.3 is 9.84 Å². The quantitative estimate of drug-likeness (QED) is 0.917. The van der Waals surface area contributed by atoms with E-state index in [4.69, 9.17) is 4.74 Å². The molecule has 1 atom stereocenters. The van der Waals surface area contributed by atoms with Gasteiger partial charge in [-0.05, 0) is 30.7 Å². The van der Waals surface area contributed by atoms with E-state index in [1.165, 1.54) is 13.2 Å². The van der Waals surface area contributed by atoms with Crippen LogP contribution in [0.5, 0.6) is 5.75 Å². The van der Waals surface area contributed by atoms with E-state index in [1.807, 2.05) is 0 Å². The highest BCUT2D eigenvalue weighted by atomic mass is 19.1. The molecular formula is C14H15FN2O2. The third-order valence-electron chi connectivity index (χ3n) is 2.78. The summed E-state index contributed by atoms with van der Waals surface area (Å²) in [5, 5.41) is 10.1. The van der Waals surface area contributed by atoms with Crippen molar-refractivity contribution in [3.05, 3.63) is 53.4 Å². The Balaban J connectivity index is 2.14. The highest BCUT2D eigenvalue weighted by Crippen LogP contribution is 2.21. The average Bonchev–Trinajstić information content (AvgIpc) is 2.39. The van der Waals surface area contributed by atoms with Gasteiger partial charge in [-0.15, -0.1) is 0 Å². The van der Waals surface area contributed by atoms with E-state index >= 15 is 0 Å². The summed E-state index contributed by atoms with van der Waals surface area (Å²) in [5.41, 5.74) is 1.21. The van der Waals surface area contributed by atoms with Gasteiger partial charge in [-0.1, -0.05) is 6.07 Å². The highest BCUT2D eigenvalue weighted by Gasteiger charge is 2.12. The predicted molar refractivity (Wildman–Crippen MR) is 68.4 cm³/mol. The first kappa shape index (κ1) is 13.4. The number of aromatic nitrogens is 2. The molecule has 0 spiro atoms. The zero-order valence-corrected chi connectivity index (χ0v) is 10.8. The van der Waals surface area contributed by atoms with Crippen molar-refractivity contribution in [3.8, 4) is 5.75 Å². The summed E-state index contributed by atoms with van der Waals surface area (Å²) in [6, 6.07) is 6.27. The number of halogens is 1. The Morgan fingerprint density at radius 3 is 2.79 bits per heavy atom. The number of aryl methyl sites for hydroxylation is 1. The molecule has 1 heterocycles. The molecule has 0 fully saturated rings. The van der Waals surface area contributed by atoms with E-state index < -0.39 is 11.9 Å². The lowest BCUT2D eigenvalue weighted by Crippen LogP contribution is -2.06. The van der Waals surface area contributed by atoms with Crippen molar-refractivity contribution in [2.75, 3.05) is 7.11 Å². The summed E-state index contributed by atoms with van der Waals surface area (Å²) in [6.45, 7) is 1.75. The van der Waals surface area contributed by atoms with Gasteiger partial charge in [0.25, 0.3) is 0 Å². The normalized spacial score (nSPS) is 12.2. The van der Waals surface area contributed by atoms with Crippen LogP contribution in [0.2, 0.25) is 0 Å². The number of methoxy groups -OCH3 is 1. The number of benzene rings is 1. The molecule has 0 bridgehead atoms. The number of rotatable bonds is 4. The molecule has 1 N–H and O–H groups in total. The Kier molecular flexibility index (Phi) is 4.06. The maximum absolute atomic E-state index is 13.5. The van der Waals surface area contributed by atoms with E-state index in [0.717, 1.165) is 0 Å². The SMILES string of the molecule is COc1ccc(CC(O)c2ccnc(C)n2)cc1F. The lowest BCUT2D eigenvalue weighted by molar-refractivity contribution is 0.173. The van der Waals surface area contributed by atoms with Crippen LogP contribution in [0.3, 0.4) is 0 Å². The van der Waals surface area contributed by atoms with Crippen LogP contribution >= 0.6 is 0 Å². The summed E-state index contributed by atoms with van der Waals surface area (Å²) in [4.78, 5) is 8.11. The first-order valence-corrected chi connectivity index (χ1v) is 5.90. The van der Waals surface area contributed by atoms with Crippen molar-refractivity contribution >= 4 is 0 Å². The third-order valence-corrected chi connectivity index (χ3v) is 2.78. The summed E-state index contributed by atoms with van der Waals surface area (Å²) >= 11 is 0. The zero-order valence-electron chi connectivity index (χ0n) is 10.8. The molecule has 100 valence electrons. The smallest absolute Gasteiger partial charge is 0.165 e. The molecule has 1 aromatic heterocycles. The molecule has 0 saturated carbocycles. The number of hydrogen-bond donors (Lipinski definition) is 1. The number of aliphatic hydroxyl groups is 1. The predicted octanol–water partition coefficient (Wildman–Crippen LogP) is 2.21. The highest BCUT2D eigenvalue weighted by molar-refractivity contribution is 5.30. The molecule has 0 aliphatic heterocycles. The van der Waals surface area contributed by atoms with Crippen molar-refractivity contribution in [2.24, 2.45) is 0 Å². The molecule has 0 aliphatic carbocycles. The Morgan fingerprint density at radius 2 is 2.16 bits per heavy atom. The Labute approximate surface area is 110 Å². The minimum atomic E-state index is -0.783. The second-order valence-corrected chi connectivity index (χ2v) is 4.22. The molecule has 2 rings (SSSR count). The molecule has 0 aliphatic rings. The van der Waals surface area contributed by atoms with Crippen LogP contribution in [-0.2, 0) is 6.42 Å². The number of nitrogens with zero attached hydrogens (tertiary/aromatic N) is 2. The zero-order chi connectivity index (χ0) is 13.8. The fraction of sp³-hybridized carbons (Fsp3) is 0.286. The van der Waals surface area contributed by atoms with Crippen LogP contribution in [0.25, 0.3) is 0 Å². The lowest BCUT2D eigenvalue weighted by atomic mass is 10.1. The first-order chi connectivity index (χ1) is 9.10. The van der Waals surface area contributed by atoms with Crippen LogP contribution in [0, 0.1) is 12.7 Å². The second kappa shape index (κ2) is 5.75. The Bertz CT molecular complexity index is 575. The fourth-order valence-corrected chi connectivity index (χ4v) is 1.82. The van der Waals surface area contributed by atoms with Gasteiger partial charge in [-0.25, -0.2) is 14.4 Å². The fourth-order valence-electron chi connectivity index (χ4n) is 1.82. The summed E-state index contributed by atoms with van der Waals surface area (Å²) < 4.78 is 18.4. The van der Waals surface area contributed by atoms with Crippen molar-refractivity contribution in [1.29, 1.82) is 0 Å². The summed E-state index contributed by atoms with van der Waals surface area (Å²) in [6.07, 6.45) is 1.10. The molecular weight excluding hydrogens is 247 g/mol. The van der Waals surface area contributed by atoms with Crippen LogP contribution < -0.4 is 4.74 Å². The monoisotopic (exact) mass is 262 g/mol. The maximum atomic E-state index is 13.5. The van der Waals surface area contributed by atoms with Crippen molar-refractivity contribution in [1.82, 2.24) is 9.97 Å². The van der Waals surface area contributed by atoms with E-state index in [9.17, 15) is 9.50 Å². The van der Waals surface area contributed by atoms with Crippen molar-refractivity contribution in [2.45, 2.75) is 19.4 Å². The largest absolute Gasteiger partial charge is 0.494 e. The third kappa shape index (κ3) is 3.26. The van der Waals surface area contributed by atoms with Crippen molar-refractivity contribution < 1.29 is 14.2 Å². The molecule has 0 amide bonds. The van der Waals surface area contributed by atoms with E-state index in [1.54, 1.807) is 31.3 Å². The summed E-state index contributed by atoms with van der Waals surface area (Å²) in [5.74, 6) is 0.347. The average molecular weight is 262 g/mol. The molecule has 1 aromatic carbocycles. The van der Waals surface area contributed by atoms with Gasteiger partial charge >= 0.3 is 0 Å². The molecule has 1 unspecified atom stereocenters. The van der Waals surface area contributed by atoms with Gasteiger partial charge in [0, 0.05) is 12.6 Å².